The van der Waals surface area contributed by atoms with Crippen LogP contribution >= 0.6 is 11.8 Å². The maximum atomic E-state index is 10.00. The predicted molar refractivity (Wildman–Crippen MR) is 70.8 cm³/mol. The van der Waals surface area contributed by atoms with Gasteiger partial charge in [0.1, 0.15) is 5.75 Å². The Morgan fingerprint density at radius 3 is 2.69 bits per heavy atom. The van der Waals surface area contributed by atoms with E-state index in [2.05, 4.69) is 0 Å². The molecular formula is C12H14N2OS. The molecule has 16 heavy (non-hydrogen) atoms. The lowest BCUT2D eigenvalue weighted by Gasteiger charge is -2.10. The summed E-state index contributed by atoms with van der Waals surface area (Å²) >= 11 is 1.62. The lowest BCUT2D eigenvalue weighted by atomic mass is 10.1. The highest BCUT2D eigenvalue weighted by atomic mass is 32.2. The summed E-state index contributed by atoms with van der Waals surface area (Å²) in [5, 5.41) is 11.7. The summed E-state index contributed by atoms with van der Waals surface area (Å²) in [6.07, 6.45) is 0. The molecule has 0 amide bonds. The molecule has 2 aromatic carbocycles. The van der Waals surface area contributed by atoms with Crippen LogP contribution in [0.2, 0.25) is 0 Å². The van der Waals surface area contributed by atoms with Gasteiger partial charge in [-0.2, -0.15) is 0 Å². The number of nitrogen functional groups attached to an aromatic ring is 2. The van der Waals surface area contributed by atoms with Crippen LogP contribution in [0.25, 0.3) is 10.8 Å². The Morgan fingerprint density at radius 2 is 2.00 bits per heavy atom. The van der Waals surface area contributed by atoms with Crippen molar-refractivity contribution in [2.45, 2.75) is 11.8 Å². The van der Waals surface area contributed by atoms with Crippen molar-refractivity contribution >= 4 is 33.9 Å². The van der Waals surface area contributed by atoms with Crippen LogP contribution in [0.15, 0.2) is 29.2 Å². The van der Waals surface area contributed by atoms with E-state index in [1.165, 1.54) is 0 Å². The van der Waals surface area contributed by atoms with Gasteiger partial charge in [-0.3, -0.25) is 0 Å². The number of nitrogens with two attached hydrogens (primary N) is 2. The minimum absolute atomic E-state index is 0.126. The molecule has 4 heteroatoms. The molecule has 0 aliphatic carbocycles. The molecule has 3 nitrogen and oxygen atoms in total. The molecule has 2 rings (SSSR count). The molecule has 2 aromatic rings. The van der Waals surface area contributed by atoms with Gasteiger partial charge in [-0.05, 0) is 29.3 Å². The normalized spacial score (nSPS) is 10.8. The first-order valence-corrected chi connectivity index (χ1v) is 6.05. The maximum Gasteiger partial charge on any atom is 0.147 e. The highest BCUT2D eigenvalue weighted by molar-refractivity contribution is 7.99. The molecule has 0 atom stereocenters. The molecule has 0 aliphatic rings. The first kappa shape index (κ1) is 11.0. The number of phenols is 1. The van der Waals surface area contributed by atoms with Crippen LogP contribution in [-0.2, 0) is 0 Å². The topological polar surface area (TPSA) is 72.3 Å². The molecule has 0 bridgehead atoms. The maximum absolute atomic E-state index is 10.00. The molecular weight excluding hydrogens is 220 g/mol. The molecule has 0 fully saturated rings. The number of hydrogen-bond acceptors (Lipinski definition) is 4. The molecule has 5 N–H and O–H groups in total. The summed E-state index contributed by atoms with van der Waals surface area (Å²) in [4.78, 5) is 0.914. The van der Waals surface area contributed by atoms with Crippen molar-refractivity contribution in [2.24, 2.45) is 0 Å². The van der Waals surface area contributed by atoms with Crippen molar-refractivity contribution in [1.29, 1.82) is 0 Å². The molecule has 0 aromatic heterocycles. The van der Waals surface area contributed by atoms with Crippen molar-refractivity contribution in [3.8, 4) is 5.75 Å². The SMILES string of the molecule is CCSc1cc2ccc(N)cc2c(O)c1N. The Hall–Kier alpha value is -1.55. The Kier molecular flexibility index (Phi) is 2.83. The van der Waals surface area contributed by atoms with E-state index in [-0.39, 0.29) is 5.75 Å². The van der Waals surface area contributed by atoms with Gasteiger partial charge in [0, 0.05) is 16.0 Å². The van der Waals surface area contributed by atoms with Crippen LogP contribution in [0.3, 0.4) is 0 Å². The van der Waals surface area contributed by atoms with Gasteiger partial charge in [0.05, 0.1) is 5.69 Å². The number of hydrogen-bond donors (Lipinski definition) is 3. The second-order valence-corrected chi connectivity index (χ2v) is 4.86. The number of thioether (sulfide) groups is 1. The van der Waals surface area contributed by atoms with Crippen molar-refractivity contribution in [3.05, 3.63) is 24.3 Å². The van der Waals surface area contributed by atoms with E-state index < -0.39 is 0 Å². The van der Waals surface area contributed by atoms with Crippen molar-refractivity contribution in [3.63, 3.8) is 0 Å². The lowest BCUT2D eigenvalue weighted by molar-refractivity contribution is 0.483. The summed E-state index contributed by atoms with van der Waals surface area (Å²) in [6.45, 7) is 2.05. The Bertz CT molecular complexity index is 540. The number of benzene rings is 2. The van der Waals surface area contributed by atoms with Gasteiger partial charge in [0.2, 0.25) is 0 Å². The van der Waals surface area contributed by atoms with E-state index in [0.29, 0.717) is 16.8 Å². The zero-order chi connectivity index (χ0) is 11.7. The van der Waals surface area contributed by atoms with Crippen LogP contribution in [0.5, 0.6) is 5.75 Å². The Morgan fingerprint density at radius 1 is 1.25 bits per heavy atom. The van der Waals surface area contributed by atoms with Crippen LogP contribution < -0.4 is 11.5 Å². The van der Waals surface area contributed by atoms with E-state index in [4.69, 9.17) is 11.5 Å². The van der Waals surface area contributed by atoms with Gasteiger partial charge in [-0.25, -0.2) is 0 Å². The standard InChI is InChI=1S/C12H14N2OS/c1-2-16-10-5-7-3-4-8(13)6-9(7)12(15)11(10)14/h3-6,15H,2,13-14H2,1H3. The van der Waals surface area contributed by atoms with E-state index in [1.54, 1.807) is 17.8 Å². The third-order valence-corrected chi connectivity index (χ3v) is 3.38. The quantitative estimate of drug-likeness (QED) is 0.424. The molecule has 0 saturated carbocycles. The van der Waals surface area contributed by atoms with Gasteiger partial charge in [-0.1, -0.05) is 13.0 Å². The molecule has 0 aliphatic heterocycles. The average Bonchev–Trinajstić information content (AvgIpc) is 2.27. The second kappa shape index (κ2) is 4.14. The summed E-state index contributed by atoms with van der Waals surface area (Å²) in [6, 6.07) is 7.43. The van der Waals surface area contributed by atoms with Crippen molar-refractivity contribution < 1.29 is 5.11 Å². The van der Waals surface area contributed by atoms with Crippen LogP contribution in [0, 0.1) is 0 Å². The second-order valence-electron chi connectivity index (χ2n) is 3.55. The summed E-state index contributed by atoms with van der Waals surface area (Å²) in [7, 11) is 0. The summed E-state index contributed by atoms with van der Waals surface area (Å²) < 4.78 is 0. The molecule has 0 radical (unpaired) electrons. The third-order valence-electron chi connectivity index (χ3n) is 2.44. The fourth-order valence-corrected chi connectivity index (χ4v) is 2.43. The monoisotopic (exact) mass is 234 g/mol. The zero-order valence-corrected chi connectivity index (χ0v) is 9.84. The molecule has 0 heterocycles. The van der Waals surface area contributed by atoms with Gasteiger partial charge in [0.15, 0.2) is 0 Å². The summed E-state index contributed by atoms with van der Waals surface area (Å²) in [5.41, 5.74) is 12.6. The first-order chi connectivity index (χ1) is 7.63. The Labute approximate surface area is 98.4 Å². The zero-order valence-electron chi connectivity index (χ0n) is 9.03. The highest BCUT2D eigenvalue weighted by Crippen LogP contribution is 2.39. The van der Waals surface area contributed by atoms with Crippen molar-refractivity contribution in [2.75, 3.05) is 17.2 Å². The van der Waals surface area contributed by atoms with Gasteiger partial charge in [0.25, 0.3) is 0 Å². The predicted octanol–water partition coefficient (Wildman–Crippen LogP) is 2.82. The highest BCUT2D eigenvalue weighted by Gasteiger charge is 2.10. The van der Waals surface area contributed by atoms with E-state index in [0.717, 1.165) is 16.0 Å². The van der Waals surface area contributed by atoms with Gasteiger partial charge < -0.3 is 16.6 Å². The number of rotatable bonds is 2. The fourth-order valence-electron chi connectivity index (χ4n) is 1.66. The minimum atomic E-state index is 0.126. The van der Waals surface area contributed by atoms with Crippen molar-refractivity contribution in [1.82, 2.24) is 0 Å². The number of fused-ring (bicyclic) bond motifs is 1. The molecule has 0 saturated heterocycles. The molecule has 0 spiro atoms. The number of anilines is 2. The minimum Gasteiger partial charge on any atom is -0.505 e. The first-order valence-electron chi connectivity index (χ1n) is 5.07. The van der Waals surface area contributed by atoms with Gasteiger partial charge >= 0.3 is 0 Å². The fraction of sp³-hybridized carbons (Fsp3) is 0.167. The van der Waals surface area contributed by atoms with Crippen LogP contribution in [-0.4, -0.2) is 10.9 Å². The molecule has 0 unspecified atom stereocenters. The van der Waals surface area contributed by atoms with Gasteiger partial charge in [-0.15, -0.1) is 11.8 Å². The number of phenolic OH excluding ortho intramolecular Hbond substituents is 1. The van der Waals surface area contributed by atoms with Crippen LogP contribution in [0.4, 0.5) is 11.4 Å². The largest absolute Gasteiger partial charge is 0.505 e. The van der Waals surface area contributed by atoms with E-state index in [1.807, 2.05) is 25.1 Å². The van der Waals surface area contributed by atoms with E-state index in [9.17, 15) is 5.11 Å². The Balaban J connectivity index is 2.72. The number of aromatic hydroxyl groups is 1. The van der Waals surface area contributed by atoms with E-state index >= 15 is 0 Å². The smallest absolute Gasteiger partial charge is 0.147 e. The summed E-state index contributed by atoms with van der Waals surface area (Å²) in [5.74, 6) is 1.05. The van der Waals surface area contributed by atoms with Crippen LogP contribution in [0.1, 0.15) is 6.92 Å². The third kappa shape index (κ3) is 1.76. The lowest BCUT2D eigenvalue weighted by Crippen LogP contribution is -1.92. The molecule has 84 valence electrons. The average molecular weight is 234 g/mol.